The molecule has 0 amide bonds. The lowest BCUT2D eigenvalue weighted by atomic mass is 9.77. The van der Waals surface area contributed by atoms with Crippen LogP contribution in [0.4, 0.5) is 5.82 Å². The molecule has 0 fully saturated rings. The molecule has 5 aromatic carbocycles. The second kappa shape index (κ2) is 17.1. The van der Waals surface area contributed by atoms with E-state index in [1.165, 1.54) is 0 Å². The van der Waals surface area contributed by atoms with Crippen molar-refractivity contribution < 1.29 is 9.53 Å². The summed E-state index contributed by atoms with van der Waals surface area (Å²) in [6.07, 6.45) is 4.14. The highest BCUT2D eigenvalue weighted by Gasteiger charge is 2.42. The molecule has 0 atom stereocenters. The Hall–Kier alpha value is -6.48. The number of esters is 1. The van der Waals surface area contributed by atoms with Crippen LogP contribution in [0.3, 0.4) is 0 Å². The number of nitrogens with zero attached hydrogens (tertiary/aromatic N) is 7. The number of anilines is 1. The summed E-state index contributed by atoms with van der Waals surface area (Å²) in [4.78, 5) is 24.5. The predicted molar refractivity (Wildman–Crippen MR) is 217 cm³/mol. The summed E-state index contributed by atoms with van der Waals surface area (Å²) in [5.41, 5.74) is 6.65. The molecule has 9 nitrogen and oxygen atoms in total. The number of rotatable bonds is 15. The monoisotopic (exact) mass is 727 g/mol. The molecule has 276 valence electrons. The Kier molecular flexibility index (Phi) is 11.5. The molecule has 0 N–H and O–H groups in total. The molecule has 2 heterocycles. The van der Waals surface area contributed by atoms with Crippen molar-refractivity contribution >= 4 is 11.8 Å². The molecular weight excluding hydrogens is 683 g/mol. The van der Waals surface area contributed by atoms with Crippen molar-refractivity contribution in [2.24, 2.45) is 0 Å². The van der Waals surface area contributed by atoms with Crippen LogP contribution in [-0.2, 0) is 23.2 Å². The molecule has 7 rings (SSSR count). The van der Waals surface area contributed by atoms with Crippen molar-refractivity contribution in [3.8, 4) is 22.5 Å². The SMILES string of the molecule is CCCc1ncc(C(=O)OCC)c(N(CCC)Cc2ccc(-c3ccccc3-c3nnnn3C(c3ccccc3)(c3ccccc3)c3ccccc3)cc2)n1. The highest BCUT2D eigenvalue weighted by atomic mass is 16.5. The van der Waals surface area contributed by atoms with Gasteiger partial charge in [-0.1, -0.05) is 153 Å². The lowest BCUT2D eigenvalue weighted by molar-refractivity contribution is 0.0526. The third-order valence-electron chi connectivity index (χ3n) is 9.75. The number of carbonyl (C=O) groups is 1. The van der Waals surface area contributed by atoms with E-state index in [9.17, 15) is 4.79 Å². The topological polar surface area (TPSA) is 98.9 Å². The zero-order valence-corrected chi connectivity index (χ0v) is 31.5. The maximum atomic E-state index is 13.0. The Bertz CT molecular complexity index is 2210. The van der Waals surface area contributed by atoms with Crippen LogP contribution in [0.2, 0.25) is 0 Å². The standard InChI is InChI=1S/C46H45N7O2/c1-4-18-42-47-32-41(45(54)55-6-3)43(48-42)52(31-5-2)33-34-27-29-35(30-28-34)39-25-16-17-26-40(39)44-49-50-51-53(44)46(36-19-10-7-11-20-36,37-21-12-8-13-22-37)38-23-14-9-15-24-38/h7-17,19-30,32H,4-6,18,31,33H2,1-3H3. The normalized spacial score (nSPS) is 11.3. The van der Waals surface area contributed by atoms with Crippen molar-refractivity contribution in [3.63, 3.8) is 0 Å². The molecule has 9 heteroatoms. The number of carbonyl (C=O) groups excluding carboxylic acids is 1. The second-order valence-electron chi connectivity index (χ2n) is 13.4. The number of tetrazole rings is 1. The molecule has 0 saturated heterocycles. The van der Waals surface area contributed by atoms with Crippen molar-refractivity contribution in [1.82, 2.24) is 30.2 Å². The van der Waals surface area contributed by atoms with Crippen LogP contribution in [0.25, 0.3) is 22.5 Å². The highest BCUT2D eigenvalue weighted by molar-refractivity contribution is 5.94. The first kappa shape index (κ1) is 36.9. The summed E-state index contributed by atoms with van der Waals surface area (Å²) >= 11 is 0. The van der Waals surface area contributed by atoms with Crippen LogP contribution >= 0.6 is 0 Å². The van der Waals surface area contributed by atoms with Crippen LogP contribution in [0.5, 0.6) is 0 Å². The van der Waals surface area contributed by atoms with Gasteiger partial charge in [-0.15, -0.1) is 5.10 Å². The van der Waals surface area contributed by atoms with E-state index in [-0.39, 0.29) is 6.61 Å². The Morgan fingerprint density at radius 3 is 1.85 bits per heavy atom. The number of aryl methyl sites for hydroxylation is 1. The summed E-state index contributed by atoms with van der Waals surface area (Å²) < 4.78 is 7.37. The second-order valence-corrected chi connectivity index (χ2v) is 13.4. The van der Waals surface area contributed by atoms with E-state index in [2.05, 4.69) is 138 Å². The quantitative estimate of drug-likeness (QED) is 0.0762. The van der Waals surface area contributed by atoms with Gasteiger partial charge in [0.1, 0.15) is 22.7 Å². The zero-order valence-electron chi connectivity index (χ0n) is 31.5. The molecular formula is C46H45N7O2. The first-order chi connectivity index (χ1) is 27.1. The maximum absolute atomic E-state index is 13.0. The number of hydrogen-bond acceptors (Lipinski definition) is 8. The first-order valence-corrected chi connectivity index (χ1v) is 19.0. The van der Waals surface area contributed by atoms with Gasteiger partial charge in [-0.3, -0.25) is 0 Å². The summed E-state index contributed by atoms with van der Waals surface area (Å²) in [7, 11) is 0. The zero-order chi connectivity index (χ0) is 38.0. The largest absolute Gasteiger partial charge is 0.462 e. The number of aromatic nitrogens is 6. The van der Waals surface area contributed by atoms with Gasteiger partial charge in [-0.05, 0) is 63.6 Å². The summed E-state index contributed by atoms with van der Waals surface area (Å²) in [5, 5.41) is 13.8. The van der Waals surface area contributed by atoms with Gasteiger partial charge >= 0.3 is 5.97 Å². The molecule has 0 radical (unpaired) electrons. The van der Waals surface area contributed by atoms with Crippen molar-refractivity contribution in [2.45, 2.75) is 52.1 Å². The molecule has 2 aromatic heterocycles. The lowest BCUT2D eigenvalue weighted by Crippen LogP contribution is -2.39. The molecule has 0 aliphatic rings. The Morgan fingerprint density at radius 1 is 0.709 bits per heavy atom. The summed E-state index contributed by atoms with van der Waals surface area (Å²) in [6, 6.07) is 48.1. The summed E-state index contributed by atoms with van der Waals surface area (Å²) in [5.74, 6) is 1.56. The Morgan fingerprint density at radius 2 is 1.29 bits per heavy atom. The van der Waals surface area contributed by atoms with Gasteiger partial charge in [-0.25, -0.2) is 19.4 Å². The van der Waals surface area contributed by atoms with Crippen LogP contribution in [0.15, 0.2) is 146 Å². The fraction of sp³-hybridized carbons (Fsp3) is 0.217. The Labute approximate surface area is 322 Å². The molecule has 0 aliphatic carbocycles. The number of hydrogen-bond donors (Lipinski definition) is 0. The molecule has 0 aliphatic heterocycles. The van der Waals surface area contributed by atoms with Gasteiger partial charge in [0.05, 0.1) is 6.61 Å². The van der Waals surface area contributed by atoms with Crippen molar-refractivity contribution in [2.75, 3.05) is 18.1 Å². The van der Waals surface area contributed by atoms with E-state index in [1.54, 1.807) is 13.1 Å². The summed E-state index contributed by atoms with van der Waals surface area (Å²) in [6.45, 7) is 7.59. The smallest absolute Gasteiger partial charge is 0.343 e. The van der Waals surface area contributed by atoms with Gasteiger partial charge in [0.2, 0.25) is 0 Å². The lowest BCUT2D eigenvalue weighted by Gasteiger charge is -2.36. The van der Waals surface area contributed by atoms with Crippen molar-refractivity contribution in [1.29, 1.82) is 0 Å². The average Bonchev–Trinajstić information content (AvgIpc) is 3.73. The molecule has 55 heavy (non-hydrogen) atoms. The fourth-order valence-electron chi connectivity index (χ4n) is 7.30. The minimum absolute atomic E-state index is 0.282. The van der Waals surface area contributed by atoms with E-state index in [4.69, 9.17) is 20.0 Å². The van der Waals surface area contributed by atoms with E-state index in [0.717, 1.165) is 64.0 Å². The fourth-order valence-corrected chi connectivity index (χ4v) is 7.30. The van der Waals surface area contributed by atoms with Crippen LogP contribution < -0.4 is 4.90 Å². The third-order valence-corrected chi connectivity index (χ3v) is 9.75. The average molecular weight is 728 g/mol. The van der Waals surface area contributed by atoms with Crippen molar-refractivity contribution in [3.05, 3.63) is 179 Å². The third kappa shape index (κ3) is 7.51. The van der Waals surface area contributed by atoms with Gasteiger partial charge < -0.3 is 9.64 Å². The Balaban J connectivity index is 1.29. The number of benzene rings is 5. The minimum atomic E-state index is -0.872. The van der Waals surface area contributed by atoms with E-state index in [0.29, 0.717) is 30.3 Å². The molecule has 0 spiro atoms. The van der Waals surface area contributed by atoms with E-state index < -0.39 is 11.5 Å². The predicted octanol–water partition coefficient (Wildman–Crippen LogP) is 9.18. The highest BCUT2D eigenvalue weighted by Crippen LogP contribution is 2.43. The van der Waals surface area contributed by atoms with Gasteiger partial charge in [-0.2, -0.15) is 0 Å². The van der Waals surface area contributed by atoms with Gasteiger partial charge in [0.15, 0.2) is 5.82 Å². The molecule has 0 unspecified atom stereocenters. The van der Waals surface area contributed by atoms with E-state index >= 15 is 0 Å². The first-order valence-electron chi connectivity index (χ1n) is 19.0. The molecule has 7 aromatic rings. The van der Waals surface area contributed by atoms with Gasteiger partial charge in [0.25, 0.3) is 0 Å². The van der Waals surface area contributed by atoms with E-state index in [1.807, 2.05) is 35.0 Å². The van der Waals surface area contributed by atoms with Gasteiger partial charge in [0, 0.05) is 31.3 Å². The van der Waals surface area contributed by atoms with Crippen LogP contribution in [0, 0.1) is 0 Å². The van der Waals surface area contributed by atoms with Crippen LogP contribution in [0.1, 0.15) is 72.0 Å². The number of ether oxygens (including phenoxy) is 1. The minimum Gasteiger partial charge on any atom is -0.462 e. The molecule has 0 bridgehead atoms. The van der Waals surface area contributed by atoms with Crippen LogP contribution in [-0.4, -0.2) is 49.3 Å². The maximum Gasteiger partial charge on any atom is 0.343 e. The molecule has 0 saturated carbocycles.